The first-order valence-corrected chi connectivity index (χ1v) is 7.15. The normalized spacial score (nSPS) is 25.4. The van der Waals surface area contributed by atoms with Crippen molar-refractivity contribution in [1.29, 1.82) is 0 Å². The van der Waals surface area contributed by atoms with Crippen LogP contribution in [0.5, 0.6) is 0 Å². The van der Waals surface area contributed by atoms with E-state index in [0.717, 1.165) is 33.9 Å². The van der Waals surface area contributed by atoms with Crippen LogP contribution in [0.25, 0.3) is 0 Å². The summed E-state index contributed by atoms with van der Waals surface area (Å²) >= 11 is 7.04. The predicted molar refractivity (Wildman–Crippen MR) is 73.7 cm³/mol. The molecule has 1 aliphatic carbocycles. The molecule has 0 aromatic heterocycles. The van der Waals surface area contributed by atoms with E-state index in [2.05, 4.69) is 37.2 Å². The van der Waals surface area contributed by atoms with Gasteiger partial charge in [0.25, 0.3) is 0 Å². The molecule has 0 radical (unpaired) electrons. The highest BCUT2D eigenvalue weighted by Gasteiger charge is 2.23. The Hall–Kier alpha value is -0.0600. The van der Waals surface area contributed by atoms with Crippen molar-refractivity contribution in [3.63, 3.8) is 0 Å². The number of anilines is 1. The lowest BCUT2D eigenvalue weighted by Crippen LogP contribution is -2.36. The third-order valence-electron chi connectivity index (χ3n) is 3.02. The first-order chi connectivity index (χ1) is 7.68. The molecule has 0 bridgehead atoms. The number of aliphatic hydroxyl groups is 1. The minimum absolute atomic E-state index is 0.170. The van der Waals surface area contributed by atoms with Crippen LogP contribution in [0.3, 0.4) is 0 Å². The van der Waals surface area contributed by atoms with E-state index in [1.54, 1.807) is 0 Å². The van der Waals surface area contributed by atoms with Crippen LogP contribution in [-0.2, 0) is 0 Å². The van der Waals surface area contributed by atoms with E-state index in [4.69, 9.17) is 0 Å². The predicted octanol–water partition coefficient (Wildman–Crippen LogP) is 3.93. The number of hydrogen-bond donors (Lipinski definition) is 2. The van der Waals surface area contributed by atoms with Crippen LogP contribution in [0.1, 0.15) is 25.7 Å². The molecule has 1 aromatic rings. The summed E-state index contributed by atoms with van der Waals surface area (Å²) in [5.74, 6) is 0. The molecule has 2 unspecified atom stereocenters. The molecule has 2 atom stereocenters. The Bertz CT molecular complexity index is 350. The second kappa shape index (κ2) is 5.52. The molecule has 0 heterocycles. The summed E-state index contributed by atoms with van der Waals surface area (Å²) in [5.41, 5.74) is 1.04. The number of halogens is 2. The number of aliphatic hydroxyl groups excluding tert-OH is 1. The Kier molecular flexibility index (Phi) is 4.27. The summed E-state index contributed by atoms with van der Waals surface area (Å²) in [6.07, 6.45) is 4.04. The van der Waals surface area contributed by atoms with E-state index >= 15 is 0 Å². The highest BCUT2D eigenvalue weighted by Crippen LogP contribution is 2.33. The molecule has 1 saturated carbocycles. The Morgan fingerprint density at radius 2 is 1.75 bits per heavy atom. The van der Waals surface area contributed by atoms with Crippen molar-refractivity contribution in [3.8, 4) is 0 Å². The molecule has 88 valence electrons. The van der Waals surface area contributed by atoms with Gasteiger partial charge in [-0.25, -0.2) is 0 Å². The van der Waals surface area contributed by atoms with Crippen LogP contribution in [0.4, 0.5) is 5.69 Å². The Morgan fingerprint density at radius 1 is 1.12 bits per heavy atom. The molecule has 2 rings (SSSR count). The number of para-hydroxylation sites is 1. The average molecular weight is 349 g/mol. The molecule has 0 spiro atoms. The summed E-state index contributed by atoms with van der Waals surface area (Å²) in [4.78, 5) is 0. The summed E-state index contributed by atoms with van der Waals surface area (Å²) < 4.78 is 2.05. The molecule has 1 aliphatic rings. The molecule has 16 heavy (non-hydrogen) atoms. The average Bonchev–Trinajstić information content (AvgIpc) is 2.26. The minimum atomic E-state index is -0.229. The minimum Gasteiger partial charge on any atom is -0.391 e. The van der Waals surface area contributed by atoms with Gasteiger partial charge in [-0.3, -0.25) is 0 Å². The van der Waals surface area contributed by atoms with Crippen molar-refractivity contribution >= 4 is 37.5 Å². The maximum Gasteiger partial charge on any atom is 0.0741 e. The second-order valence-electron chi connectivity index (χ2n) is 4.20. The largest absolute Gasteiger partial charge is 0.391 e. The molecule has 1 fully saturated rings. The molecular formula is C12H15Br2NO. The van der Waals surface area contributed by atoms with Gasteiger partial charge in [-0.1, -0.05) is 18.9 Å². The highest BCUT2D eigenvalue weighted by molar-refractivity contribution is 9.11. The van der Waals surface area contributed by atoms with Crippen LogP contribution < -0.4 is 5.32 Å². The maximum atomic E-state index is 9.92. The number of rotatable bonds is 2. The van der Waals surface area contributed by atoms with Gasteiger partial charge < -0.3 is 10.4 Å². The van der Waals surface area contributed by atoms with Gasteiger partial charge in [0.1, 0.15) is 0 Å². The lowest BCUT2D eigenvalue weighted by Gasteiger charge is -2.30. The van der Waals surface area contributed by atoms with Crippen molar-refractivity contribution < 1.29 is 5.11 Å². The van der Waals surface area contributed by atoms with Gasteiger partial charge in [0.2, 0.25) is 0 Å². The summed E-state index contributed by atoms with van der Waals surface area (Å²) in [6.45, 7) is 0. The zero-order valence-corrected chi connectivity index (χ0v) is 12.1. The smallest absolute Gasteiger partial charge is 0.0741 e. The van der Waals surface area contributed by atoms with Crippen LogP contribution in [0, 0.1) is 0 Å². The molecule has 0 aliphatic heterocycles. The Labute approximate surface area is 113 Å². The first-order valence-electron chi connectivity index (χ1n) is 5.57. The quantitative estimate of drug-likeness (QED) is 0.848. The van der Waals surface area contributed by atoms with E-state index in [0.29, 0.717) is 0 Å². The highest BCUT2D eigenvalue weighted by atomic mass is 79.9. The van der Waals surface area contributed by atoms with Gasteiger partial charge in [-0.2, -0.15) is 0 Å². The van der Waals surface area contributed by atoms with Gasteiger partial charge in [0, 0.05) is 8.95 Å². The van der Waals surface area contributed by atoms with Crippen LogP contribution >= 0.6 is 31.9 Å². The number of benzene rings is 1. The fourth-order valence-electron chi connectivity index (χ4n) is 2.10. The maximum absolute atomic E-state index is 9.92. The van der Waals surface area contributed by atoms with Crippen molar-refractivity contribution in [2.24, 2.45) is 0 Å². The van der Waals surface area contributed by atoms with Gasteiger partial charge in [0.15, 0.2) is 0 Å². The van der Waals surface area contributed by atoms with Crippen LogP contribution in [-0.4, -0.2) is 17.3 Å². The van der Waals surface area contributed by atoms with E-state index in [-0.39, 0.29) is 12.1 Å². The van der Waals surface area contributed by atoms with Crippen molar-refractivity contribution in [2.45, 2.75) is 37.8 Å². The number of nitrogens with one attached hydrogen (secondary N) is 1. The van der Waals surface area contributed by atoms with Gasteiger partial charge in [-0.05, 0) is 56.8 Å². The van der Waals surface area contributed by atoms with Crippen molar-refractivity contribution in [3.05, 3.63) is 27.1 Å². The van der Waals surface area contributed by atoms with Crippen LogP contribution in [0.2, 0.25) is 0 Å². The monoisotopic (exact) mass is 347 g/mol. The fourth-order valence-corrected chi connectivity index (χ4v) is 3.33. The SMILES string of the molecule is OC1CCCCC1Nc1c(Br)cccc1Br. The third kappa shape index (κ3) is 2.79. The van der Waals surface area contributed by atoms with E-state index in [9.17, 15) is 5.11 Å². The lowest BCUT2D eigenvalue weighted by molar-refractivity contribution is 0.116. The second-order valence-corrected chi connectivity index (χ2v) is 5.91. The Morgan fingerprint density at radius 3 is 2.38 bits per heavy atom. The van der Waals surface area contributed by atoms with E-state index in [1.807, 2.05) is 18.2 Å². The topological polar surface area (TPSA) is 32.3 Å². The van der Waals surface area contributed by atoms with Crippen molar-refractivity contribution in [1.82, 2.24) is 0 Å². The van der Waals surface area contributed by atoms with Gasteiger partial charge in [0.05, 0.1) is 17.8 Å². The summed E-state index contributed by atoms with van der Waals surface area (Å²) in [5, 5.41) is 13.3. The molecular weight excluding hydrogens is 334 g/mol. The van der Waals surface area contributed by atoms with Crippen LogP contribution in [0.15, 0.2) is 27.1 Å². The molecule has 0 saturated heterocycles. The zero-order valence-electron chi connectivity index (χ0n) is 8.92. The lowest BCUT2D eigenvalue weighted by atomic mass is 9.92. The molecule has 4 heteroatoms. The fraction of sp³-hybridized carbons (Fsp3) is 0.500. The molecule has 2 N–H and O–H groups in total. The third-order valence-corrected chi connectivity index (χ3v) is 4.34. The summed E-state index contributed by atoms with van der Waals surface area (Å²) in [7, 11) is 0. The first kappa shape index (κ1) is 12.4. The summed E-state index contributed by atoms with van der Waals surface area (Å²) in [6, 6.07) is 6.16. The molecule has 1 aromatic carbocycles. The standard InChI is InChI=1S/C12H15Br2NO/c13-8-4-3-5-9(14)12(8)15-10-6-1-2-7-11(10)16/h3-5,10-11,15-16H,1-2,6-7H2. The zero-order chi connectivity index (χ0) is 11.5. The molecule has 0 amide bonds. The number of hydrogen-bond acceptors (Lipinski definition) is 2. The van der Waals surface area contributed by atoms with E-state index < -0.39 is 0 Å². The Balaban J connectivity index is 2.13. The van der Waals surface area contributed by atoms with Gasteiger partial charge >= 0.3 is 0 Å². The van der Waals surface area contributed by atoms with Gasteiger partial charge in [-0.15, -0.1) is 0 Å². The van der Waals surface area contributed by atoms with Crippen molar-refractivity contribution in [2.75, 3.05) is 5.32 Å². The van der Waals surface area contributed by atoms with E-state index in [1.165, 1.54) is 6.42 Å². The molecule has 2 nitrogen and oxygen atoms in total.